The molecule has 1 saturated carbocycles. The Morgan fingerprint density at radius 2 is 1.94 bits per heavy atom. The smallest absolute Gasteiger partial charge is 0.416 e. The highest BCUT2D eigenvalue weighted by atomic mass is 19.4. The maximum absolute atomic E-state index is 13.0. The molecule has 0 atom stereocenters. The number of rotatable bonds is 4. The lowest BCUT2D eigenvalue weighted by atomic mass is 9.60. The maximum atomic E-state index is 13.0. The number of carbonyl (C=O) groups is 2. The van der Waals surface area contributed by atoms with Gasteiger partial charge in [0.2, 0.25) is 0 Å². The summed E-state index contributed by atoms with van der Waals surface area (Å²) in [6, 6.07) is 2.19. The predicted molar refractivity (Wildman–Crippen MR) is 116 cm³/mol. The molecule has 3 amide bonds. The molecule has 9 nitrogen and oxygen atoms in total. The molecule has 3 heterocycles. The van der Waals surface area contributed by atoms with Gasteiger partial charge in [-0.05, 0) is 31.0 Å². The van der Waals surface area contributed by atoms with E-state index in [-0.39, 0.29) is 28.8 Å². The monoisotopic (exact) mass is 476 g/mol. The van der Waals surface area contributed by atoms with E-state index in [0.29, 0.717) is 31.5 Å². The van der Waals surface area contributed by atoms with E-state index in [1.807, 2.05) is 17.8 Å². The van der Waals surface area contributed by atoms with E-state index >= 15 is 0 Å². The molecule has 0 radical (unpaired) electrons. The number of methoxy groups -OCH3 is 1. The van der Waals surface area contributed by atoms with Gasteiger partial charge in [-0.15, -0.1) is 0 Å². The number of halogens is 3. The quantitative estimate of drug-likeness (QED) is 0.605. The summed E-state index contributed by atoms with van der Waals surface area (Å²) in [4.78, 5) is 27.0. The molecule has 2 aliphatic rings. The number of imidazole rings is 1. The van der Waals surface area contributed by atoms with Gasteiger partial charge < -0.3 is 24.8 Å². The predicted octanol–water partition coefficient (Wildman–Crippen LogP) is 3.13. The van der Waals surface area contributed by atoms with Crippen molar-refractivity contribution in [2.75, 3.05) is 25.5 Å². The number of nitrogens with zero attached hydrogens (tertiary/aromatic N) is 4. The second kappa shape index (κ2) is 7.67. The number of hydrogen-bond donors (Lipinski definition) is 2. The standard InChI is InChI=1S/C22H23F3N6O3/c1-29-5-6-31-18(29)15(10-26-31)19(32)30-11-21(12-30)8-14(9-21)27-20(33)28-16-7-13(22(23,24)25)3-4-17(16)34-2/h3-7,10,14H,8-9,11-12H2,1-2H3,(H2,27,28,33). The van der Waals surface area contributed by atoms with Gasteiger partial charge in [0.15, 0.2) is 0 Å². The second-order valence-corrected chi connectivity index (χ2v) is 9.01. The number of nitrogens with one attached hydrogen (secondary N) is 2. The van der Waals surface area contributed by atoms with Crippen molar-refractivity contribution in [3.05, 3.63) is 47.9 Å². The van der Waals surface area contributed by atoms with Crippen molar-refractivity contribution in [2.24, 2.45) is 12.5 Å². The largest absolute Gasteiger partial charge is 0.495 e. The molecule has 12 heteroatoms. The Kier molecular flexibility index (Phi) is 4.99. The fraction of sp³-hybridized carbons (Fsp3) is 0.409. The first-order valence-corrected chi connectivity index (χ1v) is 10.7. The Morgan fingerprint density at radius 1 is 1.21 bits per heavy atom. The lowest BCUT2D eigenvalue weighted by Gasteiger charge is -2.58. The number of ether oxygens (including phenoxy) is 1. The van der Waals surface area contributed by atoms with Gasteiger partial charge in [0, 0.05) is 44.0 Å². The Hall–Kier alpha value is -3.70. The van der Waals surface area contributed by atoms with Crippen molar-refractivity contribution in [3.63, 3.8) is 0 Å². The van der Waals surface area contributed by atoms with Crippen LogP contribution in [0, 0.1) is 5.41 Å². The number of hydrogen-bond acceptors (Lipinski definition) is 4. The van der Waals surface area contributed by atoms with Crippen molar-refractivity contribution >= 4 is 23.3 Å². The van der Waals surface area contributed by atoms with Gasteiger partial charge in [-0.1, -0.05) is 0 Å². The van der Waals surface area contributed by atoms with Crippen LogP contribution in [0.1, 0.15) is 28.8 Å². The number of aryl methyl sites for hydroxylation is 1. The van der Waals surface area contributed by atoms with Crippen LogP contribution in [0.5, 0.6) is 5.75 Å². The highest BCUT2D eigenvalue weighted by Crippen LogP contribution is 2.49. The number of carbonyl (C=O) groups excluding carboxylic acids is 2. The minimum atomic E-state index is -4.53. The van der Waals surface area contributed by atoms with Crippen molar-refractivity contribution < 1.29 is 27.5 Å². The fourth-order valence-corrected chi connectivity index (χ4v) is 4.95. The fourth-order valence-electron chi connectivity index (χ4n) is 4.95. The minimum Gasteiger partial charge on any atom is -0.495 e. The van der Waals surface area contributed by atoms with Crippen LogP contribution in [-0.2, 0) is 13.2 Å². The molecule has 1 aliphatic carbocycles. The van der Waals surface area contributed by atoms with Gasteiger partial charge in [-0.2, -0.15) is 18.3 Å². The summed E-state index contributed by atoms with van der Waals surface area (Å²) in [6.07, 6.45) is 2.04. The topological polar surface area (TPSA) is 92.9 Å². The second-order valence-electron chi connectivity index (χ2n) is 9.01. The van der Waals surface area contributed by atoms with E-state index in [1.54, 1.807) is 21.8 Å². The zero-order valence-electron chi connectivity index (χ0n) is 18.5. The molecule has 34 heavy (non-hydrogen) atoms. The molecular formula is C22H23F3N6O3. The highest BCUT2D eigenvalue weighted by Gasteiger charge is 2.54. The summed E-state index contributed by atoms with van der Waals surface area (Å²) in [5, 5.41) is 9.45. The van der Waals surface area contributed by atoms with Crippen LogP contribution in [0.15, 0.2) is 36.8 Å². The molecular weight excluding hydrogens is 453 g/mol. The Labute approximate surface area is 192 Å². The van der Waals surface area contributed by atoms with Crippen LogP contribution in [0.25, 0.3) is 5.65 Å². The number of likely N-dealkylation sites (tertiary alicyclic amines) is 1. The van der Waals surface area contributed by atoms with Crippen LogP contribution >= 0.6 is 0 Å². The van der Waals surface area contributed by atoms with E-state index in [2.05, 4.69) is 15.7 Å². The number of alkyl halides is 3. The van der Waals surface area contributed by atoms with Gasteiger partial charge in [-0.3, -0.25) is 4.79 Å². The average Bonchev–Trinajstić information content (AvgIpc) is 3.30. The highest BCUT2D eigenvalue weighted by molar-refractivity contribution is 6.00. The van der Waals surface area contributed by atoms with E-state index in [1.165, 1.54) is 13.2 Å². The molecule has 0 unspecified atom stereocenters. The lowest BCUT2D eigenvalue weighted by Crippen LogP contribution is -2.67. The molecule has 1 aliphatic heterocycles. The maximum Gasteiger partial charge on any atom is 0.416 e. The molecule has 2 aromatic heterocycles. The van der Waals surface area contributed by atoms with Gasteiger partial charge in [-0.25, -0.2) is 9.31 Å². The molecule has 1 aromatic carbocycles. The number of fused-ring (bicyclic) bond motifs is 1. The third-order valence-corrected chi connectivity index (χ3v) is 6.57. The van der Waals surface area contributed by atoms with Gasteiger partial charge in [0.05, 0.1) is 24.6 Å². The Bertz CT molecular complexity index is 1270. The number of aromatic nitrogens is 3. The number of urea groups is 1. The molecule has 1 spiro atoms. The number of amides is 3. The third-order valence-electron chi connectivity index (χ3n) is 6.57. The average molecular weight is 476 g/mol. The first-order chi connectivity index (χ1) is 16.1. The van der Waals surface area contributed by atoms with Gasteiger partial charge >= 0.3 is 12.2 Å². The summed E-state index contributed by atoms with van der Waals surface area (Å²) in [5.41, 5.74) is 0.308. The van der Waals surface area contributed by atoms with Crippen LogP contribution in [-0.4, -0.2) is 57.3 Å². The molecule has 2 N–H and O–H groups in total. The summed E-state index contributed by atoms with van der Waals surface area (Å²) < 4.78 is 47.6. The number of anilines is 1. The molecule has 180 valence electrons. The zero-order valence-corrected chi connectivity index (χ0v) is 18.5. The summed E-state index contributed by atoms with van der Waals surface area (Å²) in [5.74, 6) is 0.0575. The van der Waals surface area contributed by atoms with Crippen molar-refractivity contribution in [3.8, 4) is 5.75 Å². The van der Waals surface area contributed by atoms with Crippen LogP contribution in [0.4, 0.5) is 23.7 Å². The van der Waals surface area contributed by atoms with Gasteiger partial charge in [0.25, 0.3) is 5.91 Å². The van der Waals surface area contributed by atoms with E-state index in [0.717, 1.165) is 17.8 Å². The van der Waals surface area contributed by atoms with Crippen molar-refractivity contribution in [2.45, 2.75) is 25.1 Å². The van der Waals surface area contributed by atoms with Crippen LogP contribution in [0.2, 0.25) is 0 Å². The molecule has 3 aromatic rings. The zero-order chi connectivity index (χ0) is 24.3. The normalized spacial score (nSPS) is 17.4. The molecule has 5 rings (SSSR count). The first-order valence-electron chi connectivity index (χ1n) is 10.7. The SMILES string of the molecule is COc1ccc(C(F)(F)F)cc1NC(=O)NC1CC2(C1)CN(C(=O)c1cnn3ccn(C)c13)C2. The van der Waals surface area contributed by atoms with E-state index in [9.17, 15) is 22.8 Å². The molecule has 1 saturated heterocycles. The van der Waals surface area contributed by atoms with Crippen molar-refractivity contribution in [1.29, 1.82) is 0 Å². The van der Waals surface area contributed by atoms with Crippen LogP contribution in [0.3, 0.4) is 0 Å². The Morgan fingerprint density at radius 3 is 2.62 bits per heavy atom. The summed E-state index contributed by atoms with van der Waals surface area (Å²) >= 11 is 0. The molecule has 0 bridgehead atoms. The lowest BCUT2D eigenvalue weighted by molar-refractivity contribution is -0.137. The van der Waals surface area contributed by atoms with E-state index < -0.39 is 17.8 Å². The molecule has 2 fully saturated rings. The van der Waals surface area contributed by atoms with Gasteiger partial charge in [0.1, 0.15) is 17.0 Å². The third kappa shape index (κ3) is 3.72. The van der Waals surface area contributed by atoms with Crippen molar-refractivity contribution in [1.82, 2.24) is 24.4 Å². The van der Waals surface area contributed by atoms with Crippen LogP contribution < -0.4 is 15.4 Å². The Balaban J connectivity index is 1.15. The summed E-state index contributed by atoms with van der Waals surface area (Å²) in [6.45, 7) is 1.18. The first kappa shape index (κ1) is 22.1. The number of benzene rings is 1. The minimum absolute atomic E-state index is 0.0397. The summed E-state index contributed by atoms with van der Waals surface area (Å²) in [7, 11) is 3.17. The van der Waals surface area contributed by atoms with E-state index in [4.69, 9.17) is 4.74 Å².